The maximum Gasteiger partial charge on any atom is 0.191 e. The Bertz CT molecular complexity index is 694. The number of nitrogens with zero attached hydrogens (tertiary/aromatic N) is 3. The minimum absolute atomic E-state index is 0.784. The predicted molar refractivity (Wildman–Crippen MR) is 109 cm³/mol. The Morgan fingerprint density at radius 3 is 2.89 bits per heavy atom. The van der Waals surface area contributed by atoms with Crippen LogP contribution < -0.4 is 10.6 Å². The van der Waals surface area contributed by atoms with E-state index in [1.54, 1.807) is 0 Å². The number of hydrogen-bond acceptors (Lipinski definition) is 3. The van der Waals surface area contributed by atoms with Crippen molar-refractivity contribution in [3.63, 3.8) is 0 Å². The Morgan fingerprint density at radius 1 is 1.26 bits per heavy atom. The molecule has 1 aliphatic rings. The molecule has 1 aromatic carbocycles. The molecule has 0 bridgehead atoms. The molecule has 3 rings (SSSR count). The Hall–Kier alpha value is -2.34. The lowest BCUT2D eigenvalue weighted by molar-refractivity contribution is 0.123. The van der Waals surface area contributed by atoms with Gasteiger partial charge in [-0.1, -0.05) is 18.2 Å². The molecule has 0 amide bonds. The molecule has 1 fully saturated rings. The summed E-state index contributed by atoms with van der Waals surface area (Å²) in [5, 5.41) is 11.1. The second-order valence-electron chi connectivity index (χ2n) is 6.94. The highest BCUT2D eigenvalue weighted by molar-refractivity contribution is 5.79. The number of hydrogen-bond donors (Lipinski definition) is 2. The third kappa shape index (κ3) is 7.06. The smallest absolute Gasteiger partial charge is 0.191 e. The van der Waals surface area contributed by atoms with Gasteiger partial charge in [0.1, 0.15) is 0 Å². The van der Waals surface area contributed by atoms with Crippen LogP contribution in [0.2, 0.25) is 0 Å². The lowest BCUT2D eigenvalue weighted by atomic mass is 10.2. The monoisotopic (exact) mass is 369 g/mol. The van der Waals surface area contributed by atoms with Gasteiger partial charge in [0.15, 0.2) is 5.96 Å². The average molecular weight is 370 g/mol. The molecular formula is C21H31N5O. The van der Waals surface area contributed by atoms with Crippen LogP contribution in [0.4, 0.5) is 0 Å². The molecule has 6 heteroatoms. The number of para-hydroxylation sites is 1. The van der Waals surface area contributed by atoms with Crippen LogP contribution in [-0.2, 0) is 11.2 Å². The topological polar surface area (TPSA) is 63.5 Å². The number of aliphatic imine (C=N–C) groups is 1. The summed E-state index contributed by atoms with van der Waals surface area (Å²) in [5.74, 6) is 1.70. The number of benzene rings is 1. The molecule has 0 unspecified atom stereocenters. The van der Waals surface area contributed by atoms with Gasteiger partial charge in [-0.05, 0) is 56.2 Å². The Balaban J connectivity index is 1.37. The van der Waals surface area contributed by atoms with Crippen LogP contribution in [0.15, 0.2) is 47.7 Å². The molecule has 0 aliphatic heterocycles. The number of nitrogens with one attached hydrogen (secondary N) is 2. The minimum atomic E-state index is 0.784. The van der Waals surface area contributed by atoms with Crippen molar-refractivity contribution in [1.82, 2.24) is 20.4 Å². The second-order valence-corrected chi connectivity index (χ2v) is 6.94. The Morgan fingerprint density at radius 2 is 2.11 bits per heavy atom. The maximum atomic E-state index is 5.66. The molecule has 0 radical (unpaired) electrons. The first-order chi connectivity index (χ1) is 13.3. The van der Waals surface area contributed by atoms with Crippen LogP contribution in [0, 0.1) is 5.92 Å². The van der Waals surface area contributed by atoms with Crippen LogP contribution in [-0.4, -0.2) is 48.6 Å². The molecule has 0 spiro atoms. The van der Waals surface area contributed by atoms with Gasteiger partial charge in [0.2, 0.25) is 0 Å². The number of guanidine groups is 1. The molecule has 1 saturated carbocycles. The largest absolute Gasteiger partial charge is 0.381 e. The van der Waals surface area contributed by atoms with Gasteiger partial charge in [-0.25, -0.2) is 4.68 Å². The van der Waals surface area contributed by atoms with Crippen molar-refractivity contribution in [2.45, 2.75) is 32.6 Å². The molecular weight excluding hydrogens is 338 g/mol. The van der Waals surface area contributed by atoms with Gasteiger partial charge in [-0.2, -0.15) is 5.10 Å². The summed E-state index contributed by atoms with van der Waals surface area (Å²) < 4.78 is 7.57. The SMILES string of the molecule is CCNC(=NCCCOCC1CC1)NCCc1cnn(-c2ccccc2)c1. The van der Waals surface area contributed by atoms with Crippen molar-refractivity contribution in [3.8, 4) is 5.69 Å². The fourth-order valence-corrected chi connectivity index (χ4v) is 2.77. The van der Waals surface area contributed by atoms with Crippen LogP contribution in [0.1, 0.15) is 31.7 Å². The molecule has 1 aromatic heterocycles. The molecule has 27 heavy (non-hydrogen) atoms. The lowest BCUT2D eigenvalue weighted by Crippen LogP contribution is -2.38. The molecule has 2 N–H and O–H groups in total. The molecule has 2 aromatic rings. The average Bonchev–Trinajstić information content (AvgIpc) is 3.40. The highest BCUT2D eigenvalue weighted by Gasteiger charge is 2.20. The summed E-state index contributed by atoms with van der Waals surface area (Å²) in [6.45, 7) is 6.28. The van der Waals surface area contributed by atoms with E-state index in [0.29, 0.717) is 0 Å². The third-order valence-electron chi connectivity index (χ3n) is 4.47. The van der Waals surface area contributed by atoms with Crippen molar-refractivity contribution >= 4 is 5.96 Å². The van der Waals surface area contributed by atoms with Crippen LogP contribution in [0.25, 0.3) is 5.69 Å². The van der Waals surface area contributed by atoms with Crippen molar-refractivity contribution in [3.05, 3.63) is 48.3 Å². The zero-order valence-corrected chi connectivity index (χ0v) is 16.2. The highest BCUT2D eigenvalue weighted by atomic mass is 16.5. The summed E-state index contributed by atoms with van der Waals surface area (Å²) in [6.07, 6.45) is 8.57. The molecule has 1 heterocycles. The van der Waals surface area contributed by atoms with Gasteiger partial charge in [-0.3, -0.25) is 4.99 Å². The van der Waals surface area contributed by atoms with Crippen molar-refractivity contribution in [1.29, 1.82) is 0 Å². The van der Waals surface area contributed by atoms with E-state index >= 15 is 0 Å². The fourth-order valence-electron chi connectivity index (χ4n) is 2.77. The van der Waals surface area contributed by atoms with Gasteiger partial charge in [0.25, 0.3) is 0 Å². The molecule has 6 nitrogen and oxygen atoms in total. The Kier molecular flexibility index (Phi) is 7.71. The van der Waals surface area contributed by atoms with Crippen LogP contribution in [0.5, 0.6) is 0 Å². The van der Waals surface area contributed by atoms with E-state index in [4.69, 9.17) is 4.74 Å². The van der Waals surface area contributed by atoms with E-state index < -0.39 is 0 Å². The normalized spacial score (nSPS) is 14.3. The molecule has 0 saturated heterocycles. The summed E-state index contributed by atoms with van der Waals surface area (Å²) in [7, 11) is 0. The lowest BCUT2D eigenvalue weighted by Gasteiger charge is -2.10. The zero-order chi connectivity index (χ0) is 18.7. The van der Waals surface area contributed by atoms with Crippen LogP contribution in [0.3, 0.4) is 0 Å². The zero-order valence-electron chi connectivity index (χ0n) is 16.2. The van der Waals surface area contributed by atoms with Gasteiger partial charge in [-0.15, -0.1) is 0 Å². The van der Waals surface area contributed by atoms with E-state index in [-0.39, 0.29) is 0 Å². The van der Waals surface area contributed by atoms with E-state index in [9.17, 15) is 0 Å². The summed E-state index contributed by atoms with van der Waals surface area (Å²) in [6, 6.07) is 10.2. The van der Waals surface area contributed by atoms with Crippen molar-refractivity contribution in [2.75, 3.05) is 32.8 Å². The minimum Gasteiger partial charge on any atom is -0.381 e. The summed E-state index contributed by atoms with van der Waals surface area (Å²) >= 11 is 0. The van der Waals surface area contributed by atoms with Gasteiger partial charge in [0.05, 0.1) is 11.9 Å². The first-order valence-corrected chi connectivity index (χ1v) is 10.0. The third-order valence-corrected chi connectivity index (χ3v) is 4.47. The van der Waals surface area contributed by atoms with Crippen molar-refractivity contribution in [2.24, 2.45) is 10.9 Å². The standard InChI is InChI=1S/C21H31N5O/c1-2-22-21(23-12-6-14-27-17-18-9-10-18)24-13-11-19-15-25-26(16-19)20-7-4-3-5-8-20/h3-5,7-8,15-16,18H,2,6,9-14,17H2,1H3,(H2,22,23,24). The molecule has 1 aliphatic carbocycles. The van der Waals surface area contributed by atoms with E-state index in [2.05, 4.69) is 46.0 Å². The number of aromatic nitrogens is 2. The fraction of sp³-hybridized carbons (Fsp3) is 0.524. The Labute approximate surface area is 162 Å². The molecule has 146 valence electrons. The predicted octanol–water partition coefficient (Wildman–Crippen LogP) is 2.79. The van der Waals surface area contributed by atoms with Gasteiger partial charge in [0, 0.05) is 39.0 Å². The quantitative estimate of drug-likeness (QED) is 0.363. The van der Waals surface area contributed by atoms with Crippen LogP contribution >= 0.6 is 0 Å². The second kappa shape index (κ2) is 10.7. The van der Waals surface area contributed by atoms with E-state index in [1.807, 2.05) is 29.1 Å². The number of rotatable bonds is 11. The number of ether oxygens (including phenoxy) is 1. The van der Waals surface area contributed by atoms with Crippen molar-refractivity contribution < 1.29 is 4.74 Å². The van der Waals surface area contributed by atoms with E-state index in [0.717, 1.165) is 63.3 Å². The maximum absolute atomic E-state index is 5.66. The van der Waals surface area contributed by atoms with Gasteiger partial charge >= 0.3 is 0 Å². The highest BCUT2D eigenvalue weighted by Crippen LogP contribution is 2.28. The first-order valence-electron chi connectivity index (χ1n) is 10.0. The summed E-state index contributed by atoms with van der Waals surface area (Å²) in [4.78, 5) is 4.62. The van der Waals surface area contributed by atoms with Gasteiger partial charge < -0.3 is 15.4 Å². The first kappa shape index (κ1) is 19.4. The molecule has 0 atom stereocenters. The summed E-state index contributed by atoms with van der Waals surface area (Å²) in [5.41, 5.74) is 2.28. The van der Waals surface area contributed by atoms with E-state index in [1.165, 1.54) is 18.4 Å².